The Morgan fingerprint density at radius 1 is 1.12 bits per heavy atom. The van der Waals surface area contributed by atoms with Crippen LogP contribution in [0.3, 0.4) is 0 Å². The average Bonchev–Trinajstić information content (AvgIpc) is 3.31. The maximum Gasteiger partial charge on any atom is 0.224 e. The Morgan fingerprint density at radius 2 is 2.00 bits per heavy atom. The predicted octanol–water partition coefficient (Wildman–Crippen LogP) is 3.55. The topological polar surface area (TPSA) is 70.7 Å². The molecule has 0 spiro atoms. The number of thiazole rings is 1. The van der Waals surface area contributed by atoms with Crippen LogP contribution in [-0.4, -0.2) is 20.9 Å². The van der Waals surface area contributed by atoms with E-state index in [1.54, 1.807) is 23.7 Å². The molecule has 5 nitrogen and oxygen atoms in total. The average molecular weight is 348 g/mol. The number of pyridine rings is 1. The van der Waals surface area contributed by atoms with E-state index in [1.807, 2.05) is 48.0 Å². The number of nitrogens with one attached hydrogen (secondary N) is 2. The van der Waals surface area contributed by atoms with Crippen molar-refractivity contribution in [1.82, 2.24) is 20.3 Å². The fourth-order valence-corrected chi connectivity index (χ4v) is 3.36. The molecule has 2 N–H and O–H groups in total. The SMILES string of the molecule is O=C(Cc1c[nH]c2cccnc12)NCc1ccc(-c2nccs2)cc1. The molecule has 124 valence electrons. The first kappa shape index (κ1) is 15.5. The summed E-state index contributed by atoms with van der Waals surface area (Å²) in [7, 11) is 0. The molecule has 0 saturated carbocycles. The van der Waals surface area contributed by atoms with E-state index in [1.165, 1.54) is 0 Å². The van der Waals surface area contributed by atoms with Gasteiger partial charge >= 0.3 is 0 Å². The molecule has 0 aliphatic heterocycles. The molecule has 3 heterocycles. The molecule has 25 heavy (non-hydrogen) atoms. The molecule has 4 aromatic rings. The Balaban J connectivity index is 1.37. The van der Waals surface area contributed by atoms with E-state index in [9.17, 15) is 4.79 Å². The van der Waals surface area contributed by atoms with Gasteiger partial charge in [-0.05, 0) is 17.7 Å². The third kappa shape index (κ3) is 3.44. The summed E-state index contributed by atoms with van der Waals surface area (Å²) in [6.45, 7) is 0.507. The fraction of sp³-hybridized carbons (Fsp3) is 0.105. The molecule has 0 saturated heterocycles. The molecule has 1 amide bonds. The van der Waals surface area contributed by atoms with E-state index in [2.05, 4.69) is 20.3 Å². The van der Waals surface area contributed by atoms with Crippen LogP contribution in [0.4, 0.5) is 0 Å². The summed E-state index contributed by atoms with van der Waals surface area (Å²) < 4.78 is 0. The maximum absolute atomic E-state index is 12.2. The Morgan fingerprint density at radius 3 is 2.80 bits per heavy atom. The van der Waals surface area contributed by atoms with E-state index in [4.69, 9.17) is 0 Å². The number of carbonyl (C=O) groups excluding carboxylic acids is 1. The molecule has 3 aromatic heterocycles. The summed E-state index contributed by atoms with van der Waals surface area (Å²) in [6, 6.07) is 11.9. The van der Waals surface area contributed by atoms with Gasteiger partial charge < -0.3 is 10.3 Å². The molecule has 4 rings (SSSR count). The van der Waals surface area contributed by atoms with Crippen LogP contribution in [0.25, 0.3) is 21.6 Å². The summed E-state index contributed by atoms with van der Waals surface area (Å²) in [5.74, 6) is -0.0180. The third-order valence-corrected chi connectivity index (χ3v) is 4.81. The van der Waals surface area contributed by atoms with Crippen LogP contribution in [0.1, 0.15) is 11.1 Å². The highest BCUT2D eigenvalue weighted by Crippen LogP contribution is 2.21. The van der Waals surface area contributed by atoms with Crippen molar-refractivity contribution in [3.8, 4) is 10.6 Å². The normalized spacial score (nSPS) is 10.9. The lowest BCUT2D eigenvalue weighted by atomic mass is 10.1. The van der Waals surface area contributed by atoms with Gasteiger partial charge in [0.05, 0.1) is 17.5 Å². The van der Waals surface area contributed by atoms with Crippen LogP contribution in [-0.2, 0) is 17.8 Å². The van der Waals surface area contributed by atoms with Crippen molar-refractivity contribution in [2.45, 2.75) is 13.0 Å². The van der Waals surface area contributed by atoms with E-state index in [0.717, 1.165) is 32.7 Å². The predicted molar refractivity (Wildman–Crippen MR) is 99.2 cm³/mol. The number of hydrogen-bond acceptors (Lipinski definition) is 4. The summed E-state index contributed by atoms with van der Waals surface area (Å²) >= 11 is 1.61. The van der Waals surface area contributed by atoms with E-state index < -0.39 is 0 Å². The number of benzene rings is 1. The zero-order valence-corrected chi connectivity index (χ0v) is 14.2. The molecule has 6 heteroatoms. The van der Waals surface area contributed by atoms with Gasteiger partial charge in [0.2, 0.25) is 5.91 Å². The van der Waals surface area contributed by atoms with Crippen molar-refractivity contribution >= 4 is 28.3 Å². The maximum atomic E-state index is 12.2. The highest BCUT2D eigenvalue weighted by Gasteiger charge is 2.09. The van der Waals surface area contributed by atoms with Crippen LogP contribution in [0.2, 0.25) is 0 Å². The summed E-state index contributed by atoms with van der Waals surface area (Å²) in [5, 5.41) is 5.93. The van der Waals surface area contributed by atoms with Crippen molar-refractivity contribution in [3.05, 3.63) is 71.5 Å². The standard InChI is InChI=1S/C19H16N4OS/c24-17(10-15-12-22-16-2-1-7-20-18(15)16)23-11-13-3-5-14(6-4-13)19-21-8-9-25-19/h1-9,12,22H,10-11H2,(H,23,24). The second-order valence-electron chi connectivity index (χ2n) is 5.70. The number of carbonyl (C=O) groups is 1. The van der Waals surface area contributed by atoms with Gasteiger partial charge in [-0.3, -0.25) is 9.78 Å². The highest BCUT2D eigenvalue weighted by molar-refractivity contribution is 7.13. The molecule has 1 aromatic carbocycles. The van der Waals surface area contributed by atoms with Gasteiger partial charge in [0.15, 0.2) is 0 Å². The Hall–Kier alpha value is -2.99. The fourth-order valence-electron chi connectivity index (χ4n) is 2.71. The minimum atomic E-state index is -0.0180. The zero-order valence-electron chi connectivity index (χ0n) is 13.4. The quantitative estimate of drug-likeness (QED) is 0.579. The van der Waals surface area contributed by atoms with Gasteiger partial charge in [-0.25, -0.2) is 4.98 Å². The first-order chi connectivity index (χ1) is 12.3. The largest absolute Gasteiger partial charge is 0.360 e. The van der Waals surface area contributed by atoms with Crippen LogP contribution in [0.15, 0.2) is 60.4 Å². The monoisotopic (exact) mass is 348 g/mol. The summed E-state index contributed by atoms with van der Waals surface area (Å²) in [4.78, 5) is 24.0. The summed E-state index contributed by atoms with van der Waals surface area (Å²) in [5.41, 5.74) is 4.86. The van der Waals surface area contributed by atoms with Crippen LogP contribution < -0.4 is 5.32 Å². The third-order valence-electron chi connectivity index (χ3n) is 3.99. The molecular formula is C19H16N4OS. The van der Waals surface area contributed by atoms with E-state index in [0.29, 0.717) is 13.0 Å². The molecule has 0 unspecified atom stereocenters. The molecule has 0 atom stereocenters. The lowest BCUT2D eigenvalue weighted by molar-refractivity contribution is -0.120. The molecule has 0 radical (unpaired) electrons. The number of fused-ring (bicyclic) bond motifs is 1. The van der Waals surface area contributed by atoms with Gasteiger partial charge in [0, 0.05) is 41.6 Å². The lowest BCUT2D eigenvalue weighted by Gasteiger charge is -2.06. The first-order valence-electron chi connectivity index (χ1n) is 7.96. The number of nitrogens with zero attached hydrogens (tertiary/aromatic N) is 2. The van der Waals surface area contributed by atoms with Crippen molar-refractivity contribution in [2.24, 2.45) is 0 Å². The number of aromatic amines is 1. The van der Waals surface area contributed by atoms with E-state index in [-0.39, 0.29) is 5.91 Å². The Bertz CT molecular complexity index is 990. The summed E-state index contributed by atoms with van der Waals surface area (Å²) in [6.07, 6.45) is 5.70. The minimum absolute atomic E-state index is 0.0180. The minimum Gasteiger partial charge on any atom is -0.360 e. The number of H-pyrrole nitrogens is 1. The van der Waals surface area contributed by atoms with Crippen molar-refractivity contribution < 1.29 is 4.79 Å². The molecular weight excluding hydrogens is 332 g/mol. The first-order valence-corrected chi connectivity index (χ1v) is 8.84. The van der Waals surface area contributed by atoms with Gasteiger partial charge in [0.1, 0.15) is 5.01 Å². The molecule has 0 aliphatic rings. The zero-order chi connectivity index (χ0) is 17.1. The van der Waals surface area contributed by atoms with Crippen LogP contribution in [0.5, 0.6) is 0 Å². The van der Waals surface area contributed by atoms with Gasteiger partial charge in [-0.1, -0.05) is 24.3 Å². The second kappa shape index (κ2) is 6.86. The van der Waals surface area contributed by atoms with Gasteiger partial charge in [0.25, 0.3) is 0 Å². The van der Waals surface area contributed by atoms with Gasteiger partial charge in [-0.15, -0.1) is 11.3 Å². The molecule has 0 bridgehead atoms. The smallest absolute Gasteiger partial charge is 0.224 e. The second-order valence-corrected chi connectivity index (χ2v) is 6.60. The van der Waals surface area contributed by atoms with Crippen molar-refractivity contribution in [2.75, 3.05) is 0 Å². The van der Waals surface area contributed by atoms with Crippen molar-refractivity contribution in [1.29, 1.82) is 0 Å². The van der Waals surface area contributed by atoms with Crippen LogP contribution in [0, 0.1) is 0 Å². The number of rotatable bonds is 5. The Labute approximate surface area is 148 Å². The molecule has 0 fully saturated rings. The van der Waals surface area contributed by atoms with Crippen LogP contribution >= 0.6 is 11.3 Å². The number of aromatic nitrogens is 3. The van der Waals surface area contributed by atoms with Crippen molar-refractivity contribution in [3.63, 3.8) is 0 Å². The lowest BCUT2D eigenvalue weighted by Crippen LogP contribution is -2.24. The highest BCUT2D eigenvalue weighted by atomic mass is 32.1. The van der Waals surface area contributed by atoms with Gasteiger partial charge in [-0.2, -0.15) is 0 Å². The number of hydrogen-bond donors (Lipinski definition) is 2. The van der Waals surface area contributed by atoms with E-state index >= 15 is 0 Å². The number of amides is 1. The molecule has 0 aliphatic carbocycles. The Kier molecular flexibility index (Phi) is 4.26.